The second kappa shape index (κ2) is 5.93. The summed E-state index contributed by atoms with van der Waals surface area (Å²) < 4.78 is 12.7. The molecular weight excluding hydrogens is 276 g/mol. The minimum absolute atomic E-state index is 0.701. The Morgan fingerprint density at radius 3 is 2.27 bits per heavy atom. The summed E-state index contributed by atoms with van der Waals surface area (Å²) in [5.74, 6) is 2.35. The van der Waals surface area contributed by atoms with E-state index in [1.165, 1.54) is 0 Å². The molecule has 1 aromatic heterocycles. The summed E-state index contributed by atoms with van der Waals surface area (Å²) in [6, 6.07) is 16.0. The van der Waals surface area contributed by atoms with Gasteiger partial charge in [0.15, 0.2) is 11.5 Å². The van der Waals surface area contributed by atoms with E-state index >= 15 is 0 Å². The van der Waals surface area contributed by atoms with E-state index in [0.29, 0.717) is 11.5 Å². The van der Waals surface area contributed by atoms with Crippen LogP contribution in [-0.2, 0) is 7.05 Å². The van der Waals surface area contributed by atoms with Gasteiger partial charge in [-0.1, -0.05) is 30.3 Å². The van der Waals surface area contributed by atoms with Crippen molar-refractivity contribution in [3.05, 3.63) is 54.7 Å². The molecule has 0 bridgehead atoms. The summed E-state index contributed by atoms with van der Waals surface area (Å²) >= 11 is 0. The van der Waals surface area contributed by atoms with Crippen LogP contribution in [0.15, 0.2) is 54.7 Å². The highest BCUT2D eigenvalue weighted by Gasteiger charge is 2.11. The van der Waals surface area contributed by atoms with E-state index in [0.717, 1.165) is 22.6 Å². The van der Waals surface area contributed by atoms with E-state index < -0.39 is 0 Å². The van der Waals surface area contributed by atoms with Gasteiger partial charge in [-0.15, -0.1) is 0 Å². The van der Waals surface area contributed by atoms with Gasteiger partial charge in [-0.25, -0.2) is 4.98 Å². The number of hydrogen-bond donors (Lipinski definition) is 0. The van der Waals surface area contributed by atoms with Crippen molar-refractivity contribution in [2.24, 2.45) is 7.05 Å². The molecule has 0 amide bonds. The molecule has 0 spiro atoms. The number of benzene rings is 2. The van der Waals surface area contributed by atoms with Gasteiger partial charge in [0.25, 0.3) is 0 Å². The molecule has 112 valence electrons. The van der Waals surface area contributed by atoms with Crippen molar-refractivity contribution in [3.8, 4) is 34.1 Å². The van der Waals surface area contributed by atoms with Gasteiger partial charge < -0.3 is 14.0 Å². The minimum atomic E-state index is 0.701. The van der Waals surface area contributed by atoms with Crippen molar-refractivity contribution in [2.45, 2.75) is 0 Å². The van der Waals surface area contributed by atoms with Gasteiger partial charge in [0, 0.05) is 24.4 Å². The van der Waals surface area contributed by atoms with Gasteiger partial charge in [0.2, 0.25) is 0 Å². The normalized spacial score (nSPS) is 10.5. The number of methoxy groups -OCH3 is 2. The first-order chi connectivity index (χ1) is 10.7. The van der Waals surface area contributed by atoms with Crippen molar-refractivity contribution in [1.29, 1.82) is 0 Å². The lowest BCUT2D eigenvalue weighted by Gasteiger charge is -2.08. The summed E-state index contributed by atoms with van der Waals surface area (Å²) in [7, 11) is 5.26. The van der Waals surface area contributed by atoms with Crippen LogP contribution in [0, 0.1) is 0 Å². The minimum Gasteiger partial charge on any atom is -0.493 e. The number of ether oxygens (including phenoxy) is 2. The molecule has 0 fully saturated rings. The maximum atomic E-state index is 5.36. The maximum Gasteiger partial charge on any atom is 0.161 e. The van der Waals surface area contributed by atoms with Crippen molar-refractivity contribution < 1.29 is 9.47 Å². The standard InChI is InChI=1S/C18H18N2O2/c1-20-12-15(19-18(20)13-7-5-4-6-8-13)14-9-10-16(21-2)17(11-14)22-3/h4-12H,1-3H3. The number of nitrogens with zero attached hydrogens (tertiary/aromatic N) is 2. The molecule has 1 heterocycles. The fourth-order valence-electron chi connectivity index (χ4n) is 2.46. The molecular formula is C18H18N2O2. The maximum absolute atomic E-state index is 5.36. The Hall–Kier alpha value is -2.75. The third kappa shape index (κ3) is 2.55. The van der Waals surface area contributed by atoms with E-state index in [2.05, 4.69) is 12.1 Å². The summed E-state index contributed by atoms with van der Waals surface area (Å²) in [5.41, 5.74) is 2.99. The van der Waals surface area contributed by atoms with Crippen molar-refractivity contribution in [1.82, 2.24) is 9.55 Å². The van der Waals surface area contributed by atoms with Crippen LogP contribution in [0.4, 0.5) is 0 Å². The molecule has 0 aliphatic rings. The molecule has 3 aromatic rings. The zero-order valence-corrected chi connectivity index (χ0v) is 12.9. The van der Waals surface area contributed by atoms with Gasteiger partial charge >= 0.3 is 0 Å². The zero-order chi connectivity index (χ0) is 15.5. The highest BCUT2D eigenvalue weighted by Crippen LogP contribution is 2.32. The number of aryl methyl sites for hydroxylation is 1. The molecule has 4 heteroatoms. The Labute approximate surface area is 130 Å². The van der Waals surface area contributed by atoms with E-state index in [-0.39, 0.29) is 0 Å². The first-order valence-electron chi connectivity index (χ1n) is 7.04. The zero-order valence-electron chi connectivity index (χ0n) is 12.9. The van der Waals surface area contributed by atoms with Gasteiger partial charge in [-0.05, 0) is 18.2 Å². The Morgan fingerprint density at radius 1 is 0.864 bits per heavy atom. The van der Waals surface area contributed by atoms with E-state index in [4.69, 9.17) is 14.5 Å². The molecule has 2 aromatic carbocycles. The van der Waals surface area contributed by atoms with Crippen molar-refractivity contribution in [2.75, 3.05) is 14.2 Å². The topological polar surface area (TPSA) is 36.3 Å². The second-order valence-electron chi connectivity index (χ2n) is 5.00. The third-order valence-corrected chi connectivity index (χ3v) is 3.59. The lowest BCUT2D eigenvalue weighted by atomic mass is 10.1. The quantitative estimate of drug-likeness (QED) is 0.735. The van der Waals surface area contributed by atoms with Crippen molar-refractivity contribution in [3.63, 3.8) is 0 Å². The van der Waals surface area contributed by atoms with Crippen molar-refractivity contribution >= 4 is 0 Å². The fourth-order valence-corrected chi connectivity index (χ4v) is 2.46. The highest BCUT2D eigenvalue weighted by atomic mass is 16.5. The van der Waals surface area contributed by atoms with Gasteiger partial charge in [-0.3, -0.25) is 0 Å². The van der Waals surface area contributed by atoms with E-state index in [9.17, 15) is 0 Å². The number of imidazole rings is 1. The molecule has 3 rings (SSSR count). The van der Waals surface area contributed by atoms with Crippen LogP contribution in [0.1, 0.15) is 0 Å². The SMILES string of the molecule is COc1ccc(-c2cn(C)c(-c3ccccc3)n2)cc1OC. The van der Waals surface area contributed by atoms with Crippen LogP contribution < -0.4 is 9.47 Å². The molecule has 4 nitrogen and oxygen atoms in total. The van der Waals surface area contributed by atoms with Crippen LogP contribution in [-0.4, -0.2) is 23.8 Å². The molecule has 0 saturated heterocycles. The number of rotatable bonds is 4. The lowest BCUT2D eigenvalue weighted by molar-refractivity contribution is 0.355. The Morgan fingerprint density at radius 2 is 1.59 bits per heavy atom. The Bertz CT molecular complexity index is 779. The molecule has 22 heavy (non-hydrogen) atoms. The van der Waals surface area contributed by atoms with Crippen LogP contribution >= 0.6 is 0 Å². The molecule has 0 aliphatic carbocycles. The molecule has 0 N–H and O–H groups in total. The predicted molar refractivity (Wildman–Crippen MR) is 87.2 cm³/mol. The van der Waals surface area contributed by atoms with Crippen LogP contribution in [0.5, 0.6) is 11.5 Å². The van der Waals surface area contributed by atoms with E-state index in [1.807, 2.05) is 54.2 Å². The molecule has 0 saturated carbocycles. The average molecular weight is 294 g/mol. The van der Waals surface area contributed by atoms with Crippen LogP contribution in [0.2, 0.25) is 0 Å². The monoisotopic (exact) mass is 294 g/mol. The summed E-state index contributed by atoms with van der Waals surface area (Å²) in [5, 5.41) is 0. The van der Waals surface area contributed by atoms with Crippen LogP contribution in [0.25, 0.3) is 22.6 Å². The lowest BCUT2D eigenvalue weighted by Crippen LogP contribution is -1.90. The third-order valence-electron chi connectivity index (χ3n) is 3.59. The van der Waals surface area contributed by atoms with Crippen LogP contribution in [0.3, 0.4) is 0 Å². The first kappa shape index (κ1) is 14.2. The van der Waals surface area contributed by atoms with Gasteiger partial charge in [-0.2, -0.15) is 0 Å². The van der Waals surface area contributed by atoms with Gasteiger partial charge in [0.05, 0.1) is 19.9 Å². The number of aromatic nitrogens is 2. The smallest absolute Gasteiger partial charge is 0.161 e. The summed E-state index contributed by atoms with van der Waals surface area (Å²) in [4.78, 5) is 4.75. The largest absolute Gasteiger partial charge is 0.493 e. The average Bonchev–Trinajstić information content (AvgIpc) is 2.97. The molecule has 0 aliphatic heterocycles. The second-order valence-corrected chi connectivity index (χ2v) is 5.00. The van der Waals surface area contributed by atoms with E-state index in [1.54, 1.807) is 14.2 Å². The predicted octanol–water partition coefficient (Wildman–Crippen LogP) is 3.77. The first-order valence-corrected chi connectivity index (χ1v) is 7.04. The highest BCUT2D eigenvalue weighted by molar-refractivity contribution is 5.67. The number of hydrogen-bond acceptors (Lipinski definition) is 3. The Kier molecular flexibility index (Phi) is 3.83. The Balaban J connectivity index is 2.03. The summed E-state index contributed by atoms with van der Waals surface area (Å²) in [6.07, 6.45) is 2.02. The summed E-state index contributed by atoms with van der Waals surface area (Å²) in [6.45, 7) is 0. The molecule has 0 unspecified atom stereocenters. The fraction of sp³-hybridized carbons (Fsp3) is 0.167. The molecule has 0 radical (unpaired) electrons. The van der Waals surface area contributed by atoms with Gasteiger partial charge in [0.1, 0.15) is 5.82 Å². The molecule has 0 atom stereocenters.